The summed E-state index contributed by atoms with van der Waals surface area (Å²) in [5, 5.41) is 4.53. The van der Waals surface area contributed by atoms with Gasteiger partial charge in [0.05, 0.1) is 0 Å². The average Bonchev–Trinajstić information content (AvgIpc) is 2.51. The average molecular weight is 302 g/mol. The van der Waals surface area contributed by atoms with Crippen LogP contribution in [0.15, 0.2) is 54.6 Å². The first-order chi connectivity index (χ1) is 10.2. The van der Waals surface area contributed by atoms with E-state index in [1.54, 1.807) is 0 Å². The monoisotopic (exact) mass is 301 g/mol. The molecule has 0 spiro atoms. The lowest BCUT2D eigenvalue weighted by molar-refractivity contribution is 0.427. The standard InChI is InChI=1S/C19H24ClN/c1-3-19(17-10-7-11-18(20)14-17)21-15(2)12-13-16-8-5-4-6-9-16/h4-11,14-15,19,21H,3,12-13H2,1-2H3. The van der Waals surface area contributed by atoms with Gasteiger partial charge < -0.3 is 5.32 Å². The molecule has 0 aliphatic heterocycles. The van der Waals surface area contributed by atoms with E-state index in [-0.39, 0.29) is 0 Å². The first-order valence-corrected chi connectivity index (χ1v) is 8.12. The number of hydrogen-bond acceptors (Lipinski definition) is 1. The second-order valence-electron chi connectivity index (χ2n) is 5.61. The van der Waals surface area contributed by atoms with E-state index in [1.165, 1.54) is 11.1 Å². The predicted octanol–water partition coefficient (Wildman–Crippen LogP) is 5.40. The van der Waals surface area contributed by atoms with Gasteiger partial charge in [-0.25, -0.2) is 0 Å². The third-order valence-corrected chi connectivity index (χ3v) is 4.09. The van der Waals surface area contributed by atoms with Crippen molar-refractivity contribution >= 4 is 11.6 Å². The smallest absolute Gasteiger partial charge is 0.0409 e. The van der Waals surface area contributed by atoms with Gasteiger partial charge in [0.15, 0.2) is 0 Å². The van der Waals surface area contributed by atoms with Crippen LogP contribution in [0.1, 0.15) is 43.9 Å². The minimum absolute atomic E-state index is 0.370. The Bertz CT molecular complexity index is 538. The van der Waals surface area contributed by atoms with E-state index in [9.17, 15) is 0 Å². The van der Waals surface area contributed by atoms with Crippen LogP contribution in [-0.4, -0.2) is 6.04 Å². The topological polar surface area (TPSA) is 12.0 Å². The quantitative estimate of drug-likeness (QED) is 0.722. The zero-order valence-electron chi connectivity index (χ0n) is 12.9. The van der Waals surface area contributed by atoms with Crippen molar-refractivity contribution in [3.63, 3.8) is 0 Å². The molecule has 0 saturated carbocycles. The van der Waals surface area contributed by atoms with Crippen molar-refractivity contribution in [3.8, 4) is 0 Å². The van der Waals surface area contributed by atoms with Gasteiger partial charge in [0.2, 0.25) is 0 Å². The van der Waals surface area contributed by atoms with Crippen LogP contribution in [0.3, 0.4) is 0 Å². The normalized spacial score (nSPS) is 13.9. The van der Waals surface area contributed by atoms with Crippen molar-refractivity contribution in [3.05, 3.63) is 70.7 Å². The molecule has 1 nitrogen and oxygen atoms in total. The molecule has 0 aliphatic carbocycles. The van der Waals surface area contributed by atoms with Gasteiger partial charge in [0, 0.05) is 17.1 Å². The summed E-state index contributed by atoms with van der Waals surface area (Å²) in [5.74, 6) is 0. The van der Waals surface area contributed by atoms with Gasteiger partial charge in [-0.05, 0) is 49.4 Å². The fourth-order valence-electron chi connectivity index (χ4n) is 2.63. The van der Waals surface area contributed by atoms with Crippen molar-refractivity contribution in [1.82, 2.24) is 5.32 Å². The van der Waals surface area contributed by atoms with E-state index in [0.717, 1.165) is 24.3 Å². The Morgan fingerprint density at radius 3 is 2.48 bits per heavy atom. The van der Waals surface area contributed by atoms with Crippen molar-refractivity contribution in [2.75, 3.05) is 0 Å². The highest BCUT2D eigenvalue weighted by molar-refractivity contribution is 6.30. The number of benzene rings is 2. The van der Waals surface area contributed by atoms with Gasteiger partial charge >= 0.3 is 0 Å². The van der Waals surface area contributed by atoms with Crippen molar-refractivity contribution in [1.29, 1.82) is 0 Å². The molecule has 0 aliphatic rings. The molecule has 0 bridgehead atoms. The van der Waals surface area contributed by atoms with Crippen molar-refractivity contribution in [2.45, 2.75) is 45.2 Å². The van der Waals surface area contributed by atoms with Crippen LogP contribution in [0, 0.1) is 0 Å². The van der Waals surface area contributed by atoms with E-state index in [1.807, 2.05) is 12.1 Å². The van der Waals surface area contributed by atoms with Crippen molar-refractivity contribution in [2.24, 2.45) is 0 Å². The molecular formula is C19H24ClN. The maximum absolute atomic E-state index is 6.10. The molecule has 2 atom stereocenters. The minimum atomic E-state index is 0.370. The van der Waals surface area contributed by atoms with Gasteiger partial charge in [-0.15, -0.1) is 0 Å². The Morgan fingerprint density at radius 2 is 1.81 bits per heavy atom. The Balaban J connectivity index is 1.89. The van der Waals surface area contributed by atoms with E-state index >= 15 is 0 Å². The van der Waals surface area contributed by atoms with Crippen LogP contribution in [0.2, 0.25) is 5.02 Å². The Kier molecular flexibility index (Phi) is 6.28. The van der Waals surface area contributed by atoms with Crippen LogP contribution in [-0.2, 0) is 6.42 Å². The summed E-state index contributed by atoms with van der Waals surface area (Å²) >= 11 is 6.10. The third kappa shape index (κ3) is 5.18. The lowest BCUT2D eigenvalue weighted by Gasteiger charge is -2.23. The molecule has 1 N–H and O–H groups in total. The fourth-order valence-corrected chi connectivity index (χ4v) is 2.83. The number of hydrogen-bond donors (Lipinski definition) is 1. The van der Waals surface area contributed by atoms with E-state index in [2.05, 4.69) is 61.6 Å². The molecule has 2 unspecified atom stereocenters. The van der Waals surface area contributed by atoms with Gasteiger partial charge in [-0.2, -0.15) is 0 Å². The highest BCUT2D eigenvalue weighted by Crippen LogP contribution is 2.21. The molecule has 0 saturated heterocycles. The van der Waals surface area contributed by atoms with E-state index in [0.29, 0.717) is 12.1 Å². The second kappa shape index (κ2) is 8.21. The van der Waals surface area contributed by atoms with Gasteiger partial charge in [-0.1, -0.05) is 61.0 Å². The van der Waals surface area contributed by atoms with Gasteiger partial charge in [0.1, 0.15) is 0 Å². The lowest BCUT2D eigenvalue weighted by atomic mass is 10.0. The zero-order chi connectivity index (χ0) is 15.1. The van der Waals surface area contributed by atoms with Gasteiger partial charge in [-0.3, -0.25) is 0 Å². The summed E-state index contributed by atoms with van der Waals surface area (Å²) in [4.78, 5) is 0. The van der Waals surface area contributed by atoms with Gasteiger partial charge in [0.25, 0.3) is 0 Å². The molecule has 112 valence electrons. The maximum Gasteiger partial charge on any atom is 0.0409 e. The summed E-state index contributed by atoms with van der Waals surface area (Å²) < 4.78 is 0. The van der Waals surface area contributed by atoms with Crippen LogP contribution in [0.4, 0.5) is 0 Å². The molecule has 2 aromatic rings. The second-order valence-corrected chi connectivity index (χ2v) is 6.04. The van der Waals surface area contributed by atoms with E-state index in [4.69, 9.17) is 11.6 Å². The molecule has 2 heteroatoms. The summed E-state index contributed by atoms with van der Waals surface area (Å²) in [6.07, 6.45) is 3.32. The Labute approximate surface area is 133 Å². The summed E-state index contributed by atoms with van der Waals surface area (Å²) in [6, 6.07) is 19.7. The molecule has 2 rings (SSSR count). The number of halogens is 1. The highest BCUT2D eigenvalue weighted by Gasteiger charge is 2.12. The molecule has 2 aromatic carbocycles. The van der Waals surface area contributed by atoms with Crippen LogP contribution in [0.25, 0.3) is 0 Å². The number of rotatable bonds is 7. The summed E-state index contributed by atoms with van der Waals surface area (Å²) in [7, 11) is 0. The predicted molar refractivity (Wildman–Crippen MR) is 91.8 cm³/mol. The Morgan fingerprint density at radius 1 is 1.05 bits per heavy atom. The molecule has 21 heavy (non-hydrogen) atoms. The summed E-state index contributed by atoms with van der Waals surface area (Å²) in [5.41, 5.74) is 2.68. The maximum atomic E-state index is 6.10. The molecular weight excluding hydrogens is 278 g/mol. The molecule has 0 aromatic heterocycles. The molecule has 0 heterocycles. The van der Waals surface area contributed by atoms with Crippen LogP contribution in [0.5, 0.6) is 0 Å². The fraction of sp³-hybridized carbons (Fsp3) is 0.368. The number of aryl methyl sites for hydroxylation is 1. The Hall–Kier alpha value is -1.31. The van der Waals surface area contributed by atoms with Crippen LogP contribution < -0.4 is 5.32 Å². The minimum Gasteiger partial charge on any atom is -0.307 e. The summed E-state index contributed by atoms with van der Waals surface area (Å²) in [6.45, 7) is 4.47. The molecule has 0 fully saturated rings. The van der Waals surface area contributed by atoms with Crippen LogP contribution >= 0.6 is 11.6 Å². The SMILES string of the molecule is CCC(NC(C)CCc1ccccc1)c1cccc(Cl)c1. The number of nitrogens with one attached hydrogen (secondary N) is 1. The lowest BCUT2D eigenvalue weighted by Crippen LogP contribution is -2.30. The van der Waals surface area contributed by atoms with Crippen molar-refractivity contribution < 1.29 is 0 Å². The highest BCUT2D eigenvalue weighted by atomic mass is 35.5. The third-order valence-electron chi connectivity index (χ3n) is 3.85. The zero-order valence-corrected chi connectivity index (χ0v) is 13.6. The van der Waals surface area contributed by atoms with E-state index < -0.39 is 0 Å². The first kappa shape index (κ1) is 16.1. The largest absolute Gasteiger partial charge is 0.307 e. The molecule has 0 amide bonds. The first-order valence-electron chi connectivity index (χ1n) is 7.74. The molecule has 0 radical (unpaired) electrons.